The molecule has 10 heteroatoms. The van der Waals surface area contributed by atoms with Gasteiger partial charge in [-0.15, -0.1) is 11.3 Å². The first-order valence-electron chi connectivity index (χ1n) is 15.3. The van der Waals surface area contributed by atoms with Crippen molar-refractivity contribution in [2.75, 3.05) is 13.7 Å². The van der Waals surface area contributed by atoms with Gasteiger partial charge in [-0.05, 0) is 58.5 Å². The highest BCUT2D eigenvalue weighted by Crippen LogP contribution is 2.39. The van der Waals surface area contributed by atoms with Gasteiger partial charge in [0, 0.05) is 10.4 Å². The van der Waals surface area contributed by atoms with Crippen molar-refractivity contribution in [3.63, 3.8) is 0 Å². The van der Waals surface area contributed by atoms with Gasteiger partial charge in [-0.1, -0.05) is 102 Å². The third-order valence-electron chi connectivity index (χ3n) is 7.99. The molecule has 0 amide bonds. The number of benzene rings is 4. The molecule has 48 heavy (non-hydrogen) atoms. The summed E-state index contributed by atoms with van der Waals surface area (Å²) < 4.78 is 19.5. The summed E-state index contributed by atoms with van der Waals surface area (Å²) in [7, 11) is 1.55. The van der Waals surface area contributed by atoms with E-state index in [1.807, 2.05) is 72.1 Å². The van der Waals surface area contributed by atoms with E-state index in [-0.39, 0.29) is 12.2 Å². The number of halogens is 1. The van der Waals surface area contributed by atoms with Crippen molar-refractivity contribution in [2.24, 2.45) is 4.99 Å². The van der Waals surface area contributed by atoms with E-state index in [4.69, 9.17) is 30.8 Å². The Kier molecular flexibility index (Phi) is 8.99. The Morgan fingerprint density at radius 2 is 1.79 bits per heavy atom. The van der Waals surface area contributed by atoms with E-state index in [9.17, 15) is 9.59 Å². The molecule has 1 aliphatic heterocycles. The average Bonchev–Trinajstić information content (AvgIpc) is 3.75. The first-order chi connectivity index (χ1) is 23.5. The monoisotopic (exact) mass is 692 g/mol. The molecule has 0 N–H and O–H groups in total. The van der Waals surface area contributed by atoms with Crippen LogP contribution in [0.15, 0.2) is 118 Å². The minimum atomic E-state index is -0.708. The lowest BCUT2D eigenvalue weighted by molar-refractivity contribution is -0.138. The van der Waals surface area contributed by atoms with Crippen molar-refractivity contribution >= 4 is 62.8 Å². The molecule has 2 aromatic heterocycles. The number of nitrogens with zero attached hydrogens (tertiary/aromatic N) is 2. The molecule has 1 atom stereocenters. The maximum absolute atomic E-state index is 14.2. The van der Waals surface area contributed by atoms with Crippen molar-refractivity contribution in [3.05, 3.63) is 154 Å². The lowest BCUT2D eigenvalue weighted by Gasteiger charge is -2.24. The summed E-state index contributed by atoms with van der Waals surface area (Å²) in [5.74, 6) is 0.340. The molecule has 3 heterocycles. The van der Waals surface area contributed by atoms with Gasteiger partial charge in [-0.25, -0.2) is 9.79 Å². The van der Waals surface area contributed by atoms with E-state index >= 15 is 0 Å². The molecule has 7 nitrogen and oxygen atoms in total. The number of methoxy groups -OCH3 is 1. The molecule has 0 spiro atoms. The molecule has 0 unspecified atom stereocenters. The van der Waals surface area contributed by atoms with Crippen LogP contribution in [0.1, 0.15) is 34.5 Å². The predicted octanol–water partition coefficient (Wildman–Crippen LogP) is 7.39. The van der Waals surface area contributed by atoms with Crippen molar-refractivity contribution in [2.45, 2.75) is 19.6 Å². The first-order valence-corrected chi connectivity index (χ1v) is 17.3. The average molecular weight is 693 g/mol. The number of fused-ring (bicyclic) bond motifs is 2. The predicted molar refractivity (Wildman–Crippen MR) is 192 cm³/mol. The first kappa shape index (κ1) is 31.6. The number of aromatic nitrogens is 1. The van der Waals surface area contributed by atoms with Crippen molar-refractivity contribution in [1.82, 2.24) is 4.57 Å². The molecule has 240 valence electrons. The van der Waals surface area contributed by atoms with E-state index < -0.39 is 12.0 Å². The van der Waals surface area contributed by atoms with Crippen LogP contribution in [0, 0.1) is 0 Å². The van der Waals surface area contributed by atoms with Gasteiger partial charge < -0.3 is 14.2 Å². The SMILES string of the molecule is CCOC(=O)C1=C(c2ccccc2)N=c2s/c(=C\c3cc(Cl)c(OCc4cccc5ccccc45)c(OC)c3)c(=O)n2[C@@H]1c1cccs1. The third kappa shape index (κ3) is 5.96. The Morgan fingerprint density at radius 3 is 2.56 bits per heavy atom. The summed E-state index contributed by atoms with van der Waals surface area (Å²) in [6.45, 7) is 2.25. The van der Waals surface area contributed by atoms with Crippen LogP contribution >= 0.6 is 34.3 Å². The van der Waals surface area contributed by atoms with Gasteiger partial charge in [0.25, 0.3) is 5.56 Å². The number of thiazole rings is 1. The highest BCUT2D eigenvalue weighted by molar-refractivity contribution is 7.10. The highest BCUT2D eigenvalue weighted by atomic mass is 35.5. The summed E-state index contributed by atoms with van der Waals surface area (Å²) in [4.78, 5) is 33.9. The van der Waals surface area contributed by atoms with Crippen LogP contribution in [0.4, 0.5) is 0 Å². The fourth-order valence-corrected chi connectivity index (χ4v) is 7.94. The van der Waals surface area contributed by atoms with Gasteiger partial charge in [0.2, 0.25) is 0 Å². The van der Waals surface area contributed by atoms with Gasteiger partial charge in [0.05, 0.1) is 34.5 Å². The summed E-state index contributed by atoms with van der Waals surface area (Å²) in [5.41, 5.74) is 2.96. The lowest BCUT2D eigenvalue weighted by Crippen LogP contribution is -2.39. The fourth-order valence-electron chi connectivity index (χ4n) is 5.84. The zero-order valence-electron chi connectivity index (χ0n) is 26.0. The molecular weight excluding hydrogens is 664 g/mol. The fraction of sp³-hybridized carbons (Fsp3) is 0.132. The Hall–Kier alpha value is -4.96. The van der Waals surface area contributed by atoms with Crippen LogP contribution in [-0.4, -0.2) is 24.3 Å². The maximum Gasteiger partial charge on any atom is 0.338 e. The smallest absolute Gasteiger partial charge is 0.338 e. The molecular formula is C38H29ClN2O5S2. The van der Waals surface area contributed by atoms with Gasteiger partial charge in [0.1, 0.15) is 12.6 Å². The molecule has 6 aromatic rings. The number of hydrogen-bond acceptors (Lipinski definition) is 8. The molecule has 0 saturated carbocycles. The van der Waals surface area contributed by atoms with E-state index in [1.54, 1.807) is 36.8 Å². The number of carbonyl (C=O) groups is 1. The summed E-state index contributed by atoms with van der Waals surface area (Å²) >= 11 is 9.50. The second-order valence-electron chi connectivity index (χ2n) is 10.9. The number of esters is 1. The molecule has 1 aliphatic rings. The van der Waals surface area contributed by atoms with Crippen LogP contribution in [0.3, 0.4) is 0 Å². The maximum atomic E-state index is 14.2. The Bertz CT molecular complexity index is 2360. The summed E-state index contributed by atoms with van der Waals surface area (Å²) in [5, 5.41) is 4.50. The molecule has 0 aliphatic carbocycles. The number of hydrogen-bond donors (Lipinski definition) is 0. The van der Waals surface area contributed by atoms with Crippen molar-refractivity contribution < 1.29 is 19.0 Å². The lowest BCUT2D eigenvalue weighted by atomic mass is 9.97. The summed E-state index contributed by atoms with van der Waals surface area (Å²) in [6.07, 6.45) is 1.76. The standard InChI is InChI=1S/C38H29ClN2O5S2/c1-3-45-37(43)32-33(25-12-5-4-6-13-25)40-38-41(34(32)30-17-10-18-47-30)36(42)31(48-38)21-23-19-28(39)35(29(20-23)44-2)46-22-26-15-9-14-24-11-7-8-16-27(24)26/h4-21,34H,3,22H2,1-2H3/b31-21-/t34-/m1/s1. The zero-order chi connectivity index (χ0) is 33.2. The Morgan fingerprint density at radius 1 is 1.00 bits per heavy atom. The molecule has 4 aromatic carbocycles. The molecule has 0 fully saturated rings. The number of carbonyl (C=O) groups excluding carboxylic acids is 1. The number of thiophene rings is 1. The van der Waals surface area contributed by atoms with Crippen LogP contribution in [0.5, 0.6) is 11.5 Å². The van der Waals surface area contributed by atoms with Gasteiger partial charge >= 0.3 is 5.97 Å². The molecule has 7 rings (SSSR count). The second-order valence-corrected chi connectivity index (χ2v) is 13.3. The number of rotatable bonds is 9. The van der Waals surface area contributed by atoms with Gasteiger partial charge in [-0.2, -0.15) is 0 Å². The third-order valence-corrected chi connectivity index (χ3v) is 10.2. The Labute approximate surface area is 289 Å². The molecule has 0 radical (unpaired) electrons. The minimum Gasteiger partial charge on any atom is -0.493 e. The van der Waals surface area contributed by atoms with E-state index in [0.29, 0.717) is 49.3 Å². The van der Waals surface area contributed by atoms with Gasteiger partial charge in [-0.3, -0.25) is 9.36 Å². The minimum absolute atomic E-state index is 0.191. The van der Waals surface area contributed by atoms with Crippen LogP contribution in [0.2, 0.25) is 5.02 Å². The largest absolute Gasteiger partial charge is 0.493 e. The second kappa shape index (κ2) is 13.6. The quantitative estimate of drug-likeness (QED) is 0.148. The number of ether oxygens (including phenoxy) is 3. The normalized spacial score (nSPS) is 14.5. The van der Waals surface area contributed by atoms with Crippen molar-refractivity contribution in [3.8, 4) is 11.5 Å². The van der Waals surface area contributed by atoms with Crippen molar-refractivity contribution in [1.29, 1.82) is 0 Å². The van der Waals surface area contributed by atoms with E-state index in [0.717, 1.165) is 26.8 Å². The van der Waals surface area contributed by atoms with E-state index in [2.05, 4.69) is 18.2 Å². The molecule has 0 saturated heterocycles. The molecule has 0 bridgehead atoms. The topological polar surface area (TPSA) is 79.1 Å². The Balaban J connectivity index is 1.31. The summed E-state index contributed by atoms with van der Waals surface area (Å²) in [6, 6.07) is 30.4. The zero-order valence-corrected chi connectivity index (χ0v) is 28.4. The highest BCUT2D eigenvalue weighted by Gasteiger charge is 2.35. The van der Waals surface area contributed by atoms with E-state index in [1.165, 1.54) is 22.7 Å². The van der Waals surface area contributed by atoms with Crippen LogP contribution < -0.4 is 24.4 Å². The van der Waals surface area contributed by atoms with Crippen LogP contribution in [-0.2, 0) is 16.1 Å². The van der Waals surface area contributed by atoms with Gasteiger partial charge in [0.15, 0.2) is 16.3 Å². The van der Waals surface area contributed by atoms with Crippen LogP contribution in [0.25, 0.3) is 22.5 Å².